The van der Waals surface area contributed by atoms with Crippen LogP contribution in [0.3, 0.4) is 0 Å². The fraction of sp³-hybridized carbons (Fsp3) is 0.250. The quantitative estimate of drug-likeness (QED) is 0.362. The highest BCUT2D eigenvalue weighted by Crippen LogP contribution is 2.28. The highest BCUT2D eigenvalue weighted by molar-refractivity contribution is 6.38. The number of ketones is 1. The van der Waals surface area contributed by atoms with Crippen molar-refractivity contribution in [2.75, 3.05) is 0 Å². The first-order chi connectivity index (χ1) is 17.9. The van der Waals surface area contributed by atoms with Gasteiger partial charge in [0.15, 0.2) is 6.10 Å². The van der Waals surface area contributed by atoms with E-state index in [2.05, 4.69) is 20.9 Å². The van der Waals surface area contributed by atoms with E-state index < -0.39 is 41.7 Å². The molecule has 1 unspecified atom stereocenters. The Labute approximate surface area is 214 Å². The Bertz CT molecular complexity index is 1240. The molecule has 1 aliphatic heterocycles. The van der Waals surface area contributed by atoms with Crippen molar-refractivity contribution in [3.8, 4) is 5.75 Å². The van der Waals surface area contributed by atoms with Crippen molar-refractivity contribution < 1.29 is 23.9 Å². The van der Waals surface area contributed by atoms with Gasteiger partial charge in [0.05, 0.1) is 12.2 Å². The van der Waals surface area contributed by atoms with Crippen LogP contribution in [-0.2, 0) is 38.6 Å². The first kappa shape index (κ1) is 25.6. The van der Waals surface area contributed by atoms with Gasteiger partial charge < -0.3 is 20.7 Å². The van der Waals surface area contributed by atoms with Crippen molar-refractivity contribution >= 4 is 23.5 Å². The second-order valence-electron chi connectivity index (χ2n) is 8.77. The van der Waals surface area contributed by atoms with Crippen LogP contribution in [0.4, 0.5) is 0 Å². The zero-order valence-corrected chi connectivity index (χ0v) is 20.3. The van der Waals surface area contributed by atoms with E-state index >= 15 is 0 Å². The molecule has 0 fully saturated rings. The summed E-state index contributed by atoms with van der Waals surface area (Å²) < 4.78 is 5.69. The molecule has 1 aromatic heterocycles. The minimum absolute atomic E-state index is 0.0770. The van der Waals surface area contributed by atoms with Gasteiger partial charge in [-0.1, -0.05) is 54.6 Å². The maximum Gasteiger partial charge on any atom is 0.289 e. The number of carbonyl (C=O) groups excluding carboxylic acids is 4. The Morgan fingerprint density at radius 1 is 0.946 bits per heavy atom. The maximum absolute atomic E-state index is 13.0. The number of aromatic nitrogens is 1. The predicted octanol–water partition coefficient (Wildman–Crippen LogP) is 1.50. The van der Waals surface area contributed by atoms with Crippen LogP contribution in [0.15, 0.2) is 79.0 Å². The number of carbonyl (C=O) groups is 4. The summed E-state index contributed by atoms with van der Waals surface area (Å²) in [6, 6.07) is 19.6. The molecule has 1 aliphatic rings. The molecule has 190 valence electrons. The molecule has 0 aliphatic carbocycles. The summed E-state index contributed by atoms with van der Waals surface area (Å²) in [5.41, 5.74) is 2.29. The SMILES string of the molecule is C[C@@H](NC(=O)C1Cc2ccccc2O1)C(=O)N[C@H](Cc1ccccc1)C(=O)C(=O)NCc1ccccn1. The van der Waals surface area contributed by atoms with E-state index in [0.29, 0.717) is 17.9 Å². The number of hydrogen-bond acceptors (Lipinski definition) is 6. The van der Waals surface area contributed by atoms with Crippen molar-refractivity contribution in [1.29, 1.82) is 0 Å². The molecule has 0 spiro atoms. The number of benzene rings is 2. The molecule has 9 nitrogen and oxygen atoms in total. The van der Waals surface area contributed by atoms with E-state index in [1.54, 1.807) is 42.6 Å². The van der Waals surface area contributed by atoms with Crippen LogP contribution in [-0.4, -0.2) is 46.7 Å². The van der Waals surface area contributed by atoms with Crippen LogP contribution in [0, 0.1) is 0 Å². The molecule has 3 N–H and O–H groups in total. The topological polar surface area (TPSA) is 126 Å². The number of fused-ring (bicyclic) bond motifs is 1. The van der Waals surface area contributed by atoms with Crippen molar-refractivity contribution in [2.45, 2.75) is 44.5 Å². The molecule has 9 heteroatoms. The molecule has 37 heavy (non-hydrogen) atoms. The lowest BCUT2D eigenvalue weighted by molar-refractivity contribution is -0.140. The number of Topliss-reactive ketones (excluding diaryl/α,β-unsaturated/α-hetero) is 1. The highest BCUT2D eigenvalue weighted by atomic mass is 16.5. The largest absolute Gasteiger partial charge is 0.480 e. The molecule has 2 heterocycles. The van der Waals surface area contributed by atoms with Gasteiger partial charge in [0, 0.05) is 19.0 Å². The summed E-state index contributed by atoms with van der Waals surface area (Å²) in [6.45, 7) is 1.59. The average molecular weight is 501 g/mol. The van der Waals surface area contributed by atoms with Crippen LogP contribution >= 0.6 is 0 Å². The van der Waals surface area contributed by atoms with E-state index in [1.165, 1.54) is 6.92 Å². The number of rotatable bonds is 10. The number of amides is 3. The van der Waals surface area contributed by atoms with Crippen molar-refractivity contribution in [3.05, 3.63) is 95.8 Å². The lowest BCUT2D eigenvalue weighted by atomic mass is 10.0. The lowest BCUT2D eigenvalue weighted by Crippen LogP contribution is -2.55. The Morgan fingerprint density at radius 3 is 2.41 bits per heavy atom. The van der Waals surface area contributed by atoms with Gasteiger partial charge in [-0.15, -0.1) is 0 Å². The van der Waals surface area contributed by atoms with Gasteiger partial charge in [0.1, 0.15) is 17.8 Å². The summed E-state index contributed by atoms with van der Waals surface area (Å²) in [5, 5.41) is 7.84. The molecular weight excluding hydrogens is 472 g/mol. The third-order valence-electron chi connectivity index (χ3n) is 5.99. The van der Waals surface area contributed by atoms with Crippen LogP contribution in [0.2, 0.25) is 0 Å². The summed E-state index contributed by atoms with van der Waals surface area (Å²) in [6.07, 6.45) is 1.37. The molecule has 3 amide bonds. The van der Waals surface area contributed by atoms with Crippen molar-refractivity contribution in [1.82, 2.24) is 20.9 Å². The fourth-order valence-electron chi connectivity index (χ4n) is 3.97. The lowest BCUT2D eigenvalue weighted by Gasteiger charge is -2.21. The normalized spacial score (nSPS) is 15.4. The molecule has 2 aromatic carbocycles. The smallest absolute Gasteiger partial charge is 0.289 e. The van der Waals surface area contributed by atoms with E-state index in [1.807, 2.05) is 36.4 Å². The van der Waals surface area contributed by atoms with Crippen molar-refractivity contribution in [3.63, 3.8) is 0 Å². The first-order valence-electron chi connectivity index (χ1n) is 12.0. The maximum atomic E-state index is 13.0. The molecule has 0 saturated heterocycles. The number of pyridine rings is 1. The first-order valence-corrected chi connectivity index (χ1v) is 12.0. The van der Waals surface area contributed by atoms with Gasteiger partial charge in [-0.05, 0) is 36.2 Å². The second kappa shape index (κ2) is 11.9. The Balaban J connectivity index is 1.37. The second-order valence-corrected chi connectivity index (χ2v) is 8.77. The Kier molecular flexibility index (Phi) is 8.25. The number of nitrogens with one attached hydrogen (secondary N) is 3. The Morgan fingerprint density at radius 2 is 1.68 bits per heavy atom. The molecular formula is C28H28N4O5. The number of para-hydroxylation sites is 1. The summed E-state index contributed by atoms with van der Waals surface area (Å²) >= 11 is 0. The van der Waals surface area contributed by atoms with Crippen LogP contribution in [0.5, 0.6) is 5.75 Å². The molecule has 0 saturated carbocycles. The zero-order chi connectivity index (χ0) is 26.2. The third kappa shape index (κ3) is 6.78. The highest BCUT2D eigenvalue weighted by Gasteiger charge is 2.32. The van der Waals surface area contributed by atoms with E-state index in [4.69, 9.17) is 4.74 Å². The number of nitrogens with zero attached hydrogens (tertiary/aromatic N) is 1. The van der Waals surface area contributed by atoms with Crippen LogP contribution < -0.4 is 20.7 Å². The zero-order valence-electron chi connectivity index (χ0n) is 20.3. The summed E-state index contributed by atoms with van der Waals surface area (Å²) in [7, 11) is 0. The molecule has 0 radical (unpaired) electrons. The van der Waals surface area contributed by atoms with Gasteiger partial charge in [0.25, 0.3) is 11.8 Å². The van der Waals surface area contributed by atoms with Gasteiger partial charge in [-0.25, -0.2) is 0 Å². The predicted molar refractivity (Wildman–Crippen MR) is 135 cm³/mol. The van der Waals surface area contributed by atoms with Gasteiger partial charge in [-0.2, -0.15) is 0 Å². The molecule has 3 aromatic rings. The van der Waals surface area contributed by atoms with E-state index in [0.717, 1.165) is 11.1 Å². The summed E-state index contributed by atoms with van der Waals surface area (Å²) in [5.74, 6) is -2.00. The number of ether oxygens (including phenoxy) is 1. The van der Waals surface area contributed by atoms with Crippen LogP contribution in [0.1, 0.15) is 23.7 Å². The number of hydrogen-bond donors (Lipinski definition) is 3. The third-order valence-corrected chi connectivity index (χ3v) is 5.99. The van der Waals surface area contributed by atoms with Gasteiger partial charge in [0.2, 0.25) is 11.7 Å². The molecule has 4 rings (SSSR count). The van der Waals surface area contributed by atoms with Crippen molar-refractivity contribution in [2.24, 2.45) is 0 Å². The molecule has 0 bridgehead atoms. The monoisotopic (exact) mass is 500 g/mol. The van der Waals surface area contributed by atoms with E-state index in [-0.39, 0.29) is 13.0 Å². The van der Waals surface area contributed by atoms with Gasteiger partial charge in [-0.3, -0.25) is 24.2 Å². The Hall–Kier alpha value is -4.53. The fourth-order valence-corrected chi connectivity index (χ4v) is 3.97. The summed E-state index contributed by atoms with van der Waals surface area (Å²) in [4.78, 5) is 55.5. The standard InChI is InChI=1S/C28H28N4O5/c1-18(31-27(35)24-16-20-11-5-6-13-23(20)37-24)26(34)32-22(15-19-9-3-2-4-10-19)25(33)28(36)30-17-21-12-7-8-14-29-21/h2-14,18,22,24H,15-17H2,1H3,(H,30,36)(H,31,35)(H,32,34)/t18-,22-,24?/m1/s1. The average Bonchev–Trinajstić information content (AvgIpc) is 3.37. The van der Waals surface area contributed by atoms with Gasteiger partial charge >= 0.3 is 0 Å². The minimum Gasteiger partial charge on any atom is -0.480 e. The van der Waals surface area contributed by atoms with Crippen LogP contribution in [0.25, 0.3) is 0 Å². The minimum atomic E-state index is -1.12. The molecule has 3 atom stereocenters. The van der Waals surface area contributed by atoms with E-state index in [9.17, 15) is 19.2 Å².